The molecule has 1 amide bonds. The fourth-order valence-corrected chi connectivity index (χ4v) is 6.31. The van der Waals surface area contributed by atoms with Gasteiger partial charge in [0.25, 0.3) is 0 Å². The molecular formula is C41H48N2O7. The minimum atomic E-state index is -0.849. The largest absolute Gasteiger partial charge is 0.481 e. The number of benzene rings is 4. The van der Waals surface area contributed by atoms with E-state index in [1.165, 1.54) is 0 Å². The number of amides is 1. The van der Waals surface area contributed by atoms with E-state index in [0.29, 0.717) is 38.8 Å². The van der Waals surface area contributed by atoms with Crippen molar-refractivity contribution in [2.24, 2.45) is 0 Å². The zero-order valence-electron chi connectivity index (χ0n) is 28.8. The maximum Gasteiger partial charge on any atom is 0.303 e. The van der Waals surface area contributed by atoms with Crippen molar-refractivity contribution in [2.75, 3.05) is 13.6 Å². The van der Waals surface area contributed by atoms with E-state index in [9.17, 15) is 19.8 Å². The second-order valence-electron chi connectivity index (χ2n) is 13.0. The lowest BCUT2D eigenvalue weighted by Crippen LogP contribution is -2.43. The highest BCUT2D eigenvalue weighted by Crippen LogP contribution is 2.39. The average Bonchev–Trinajstić information content (AvgIpc) is 3.15. The summed E-state index contributed by atoms with van der Waals surface area (Å²) in [6, 6.07) is 33.4. The van der Waals surface area contributed by atoms with Gasteiger partial charge in [0.15, 0.2) is 6.29 Å². The van der Waals surface area contributed by atoms with Crippen molar-refractivity contribution in [2.45, 2.75) is 82.8 Å². The molecular weight excluding hydrogens is 632 g/mol. The SMILES string of the molecule is C[C@H]([C@@H](O)c1ccccc1)N(C)C[C@@H]1C[C@H](c2ccc(CO)cc2)O[C@H](c2ccc(-c3ccccc3CNC(=O)CCCCC(=O)O)cc2)O1. The highest BCUT2D eigenvalue weighted by Gasteiger charge is 2.34. The van der Waals surface area contributed by atoms with Gasteiger partial charge in [-0.25, -0.2) is 0 Å². The molecule has 9 heteroatoms. The first kappa shape index (κ1) is 36.9. The van der Waals surface area contributed by atoms with Gasteiger partial charge in [-0.05, 0) is 60.2 Å². The van der Waals surface area contributed by atoms with Crippen LogP contribution in [0, 0.1) is 0 Å². The molecule has 1 fully saturated rings. The third kappa shape index (κ3) is 10.1. The fourth-order valence-electron chi connectivity index (χ4n) is 6.31. The summed E-state index contributed by atoms with van der Waals surface area (Å²) in [5, 5.41) is 32.4. The van der Waals surface area contributed by atoms with Crippen molar-refractivity contribution in [3.8, 4) is 11.1 Å². The molecule has 5 atom stereocenters. The number of nitrogens with one attached hydrogen (secondary N) is 1. The molecule has 0 aliphatic carbocycles. The lowest BCUT2D eigenvalue weighted by molar-refractivity contribution is -0.253. The van der Waals surface area contributed by atoms with Gasteiger partial charge < -0.3 is 30.1 Å². The van der Waals surface area contributed by atoms with Crippen LogP contribution in [0.25, 0.3) is 11.1 Å². The Bertz CT molecular complexity index is 1660. The van der Waals surface area contributed by atoms with E-state index in [4.69, 9.17) is 14.6 Å². The van der Waals surface area contributed by atoms with E-state index >= 15 is 0 Å². The number of carbonyl (C=O) groups excluding carboxylic acids is 1. The molecule has 0 saturated carbocycles. The lowest BCUT2D eigenvalue weighted by Gasteiger charge is -2.39. The molecule has 1 saturated heterocycles. The van der Waals surface area contributed by atoms with Crippen LogP contribution in [0.5, 0.6) is 0 Å². The molecule has 0 bridgehead atoms. The van der Waals surface area contributed by atoms with Crippen molar-refractivity contribution < 1.29 is 34.4 Å². The number of carboxylic acid groups (broad SMARTS) is 1. The Morgan fingerprint density at radius 3 is 2.22 bits per heavy atom. The van der Waals surface area contributed by atoms with Gasteiger partial charge in [-0.15, -0.1) is 0 Å². The van der Waals surface area contributed by atoms with Crippen molar-refractivity contribution in [1.29, 1.82) is 0 Å². The summed E-state index contributed by atoms with van der Waals surface area (Å²) in [7, 11) is 2.00. The first-order valence-electron chi connectivity index (χ1n) is 17.3. The second-order valence-corrected chi connectivity index (χ2v) is 13.0. The number of nitrogens with zero attached hydrogens (tertiary/aromatic N) is 1. The van der Waals surface area contributed by atoms with Gasteiger partial charge in [-0.1, -0.05) is 103 Å². The van der Waals surface area contributed by atoms with Crippen LogP contribution in [0.4, 0.5) is 0 Å². The molecule has 0 spiro atoms. The standard InChI is InChI=1S/C41H48N2O7/c1-28(40(48)32-10-4-3-5-11-32)43(2)26-35-24-37(31-18-16-29(27-44)17-19-31)50-41(49-35)33-22-20-30(21-23-33)36-13-7-6-12-34(36)25-42-38(45)14-8-9-15-39(46)47/h3-7,10-13,16-23,28,35,37,40-41,44,48H,8-9,14-15,24-27H2,1-2H3,(H,42,45)(H,46,47)/t28-,35+,37-,40-,41-/m1/s1. The summed E-state index contributed by atoms with van der Waals surface area (Å²) in [6.45, 7) is 2.95. The van der Waals surface area contributed by atoms with E-state index in [0.717, 1.165) is 38.9 Å². The first-order chi connectivity index (χ1) is 24.2. The number of hydrogen-bond donors (Lipinski definition) is 4. The topological polar surface area (TPSA) is 129 Å². The molecule has 1 aliphatic rings. The third-order valence-electron chi connectivity index (χ3n) is 9.43. The van der Waals surface area contributed by atoms with Crippen LogP contribution in [-0.2, 0) is 32.2 Å². The Morgan fingerprint density at radius 1 is 0.860 bits per heavy atom. The van der Waals surface area contributed by atoms with Crippen LogP contribution in [0.1, 0.15) is 85.3 Å². The van der Waals surface area contributed by atoms with E-state index in [1.807, 2.05) is 117 Å². The highest BCUT2D eigenvalue weighted by atomic mass is 16.7. The Morgan fingerprint density at radius 2 is 1.52 bits per heavy atom. The monoisotopic (exact) mass is 680 g/mol. The van der Waals surface area contributed by atoms with Crippen LogP contribution in [0.3, 0.4) is 0 Å². The van der Waals surface area contributed by atoms with Gasteiger partial charge in [0.1, 0.15) is 0 Å². The minimum Gasteiger partial charge on any atom is -0.481 e. The number of hydrogen-bond acceptors (Lipinski definition) is 7. The Kier molecular flexibility index (Phi) is 13.3. The van der Waals surface area contributed by atoms with Gasteiger partial charge >= 0.3 is 5.97 Å². The molecule has 264 valence electrons. The molecule has 4 aromatic rings. The summed E-state index contributed by atoms with van der Waals surface area (Å²) in [4.78, 5) is 25.3. The van der Waals surface area contributed by atoms with Gasteiger partial charge in [0.2, 0.25) is 5.91 Å². The number of aliphatic carboxylic acids is 1. The Hall–Kier alpha value is -4.38. The molecule has 5 rings (SSSR count). The second kappa shape index (κ2) is 18.0. The van der Waals surface area contributed by atoms with Crippen LogP contribution >= 0.6 is 0 Å². The van der Waals surface area contributed by atoms with Crippen molar-refractivity contribution in [3.63, 3.8) is 0 Å². The summed E-state index contributed by atoms with van der Waals surface area (Å²) in [6.07, 6.45) is 0.318. The molecule has 1 aliphatic heterocycles. The van der Waals surface area contributed by atoms with E-state index < -0.39 is 18.4 Å². The van der Waals surface area contributed by atoms with Crippen LogP contribution in [-0.4, -0.2) is 57.8 Å². The first-order valence-corrected chi connectivity index (χ1v) is 17.3. The number of aliphatic hydroxyl groups is 2. The van der Waals surface area contributed by atoms with E-state index in [2.05, 4.69) is 10.2 Å². The minimum absolute atomic E-state index is 0.0248. The predicted molar refractivity (Wildman–Crippen MR) is 192 cm³/mol. The Labute approximate surface area is 294 Å². The Balaban J connectivity index is 1.29. The summed E-state index contributed by atoms with van der Waals surface area (Å²) >= 11 is 0. The lowest BCUT2D eigenvalue weighted by atomic mass is 9.97. The van der Waals surface area contributed by atoms with Crippen molar-refractivity contribution >= 4 is 11.9 Å². The molecule has 0 unspecified atom stereocenters. The maximum atomic E-state index is 12.4. The molecule has 9 nitrogen and oxygen atoms in total. The molecule has 1 heterocycles. The van der Waals surface area contributed by atoms with Gasteiger partial charge in [-0.2, -0.15) is 0 Å². The number of carbonyl (C=O) groups is 2. The predicted octanol–water partition coefficient (Wildman–Crippen LogP) is 6.71. The van der Waals surface area contributed by atoms with Gasteiger partial charge in [0, 0.05) is 44.0 Å². The molecule has 50 heavy (non-hydrogen) atoms. The van der Waals surface area contributed by atoms with Gasteiger partial charge in [-0.3, -0.25) is 14.5 Å². The summed E-state index contributed by atoms with van der Waals surface area (Å²) in [5.41, 5.74) is 6.57. The number of aliphatic hydroxyl groups excluding tert-OH is 2. The molecule has 0 aromatic heterocycles. The fraction of sp³-hybridized carbons (Fsp3) is 0.366. The third-order valence-corrected chi connectivity index (χ3v) is 9.43. The maximum absolute atomic E-state index is 12.4. The summed E-state index contributed by atoms with van der Waals surface area (Å²) < 4.78 is 13.2. The molecule has 4 aromatic carbocycles. The zero-order valence-corrected chi connectivity index (χ0v) is 28.8. The number of carboxylic acids is 1. The molecule has 0 radical (unpaired) electrons. The van der Waals surface area contributed by atoms with Crippen LogP contribution in [0.15, 0.2) is 103 Å². The molecule has 4 N–H and O–H groups in total. The van der Waals surface area contributed by atoms with Gasteiger partial charge in [0.05, 0.1) is 24.9 Å². The number of likely N-dealkylation sites (N-methyl/N-ethyl adjacent to an activating group) is 1. The number of ether oxygens (including phenoxy) is 2. The highest BCUT2D eigenvalue weighted by molar-refractivity contribution is 5.76. The van der Waals surface area contributed by atoms with E-state index in [-0.39, 0.29) is 37.2 Å². The van der Waals surface area contributed by atoms with Crippen molar-refractivity contribution in [1.82, 2.24) is 10.2 Å². The number of unbranched alkanes of at least 4 members (excludes halogenated alkanes) is 1. The number of rotatable bonds is 16. The average molecular weight is 681 g/mol. The zero-order chi connectivity index (χ0) is 35.5. The summed E-state index contributed by atoms with van der Waals surface area (Å²) in [5.74, 6) is -0.950. The van der Waals surface area contributed by atoms with Crippen molar-refractivity contribution in [3.05, 3.63) is 131 Å². The smallest absolute Gasteiger partial charge is 0.303 e. The van der Waals surface area contributed by atoms with Crippen LogP contribution in [0.2, 0.25) is 0 Å². The quantitative estimate of drug-likeness (QED) is 0.0963. The van der Waals surface area contributed by atoms with Crippen LogP contribution < -0.4 is 5.32 Å². The normalized spacial score (nSPS) is 18.8. The van der Waals surface area contributed by atoms with E-state index in [1.54, 1.807) is 0 Å².